The van der Waals surface area contributed by atoms with Crippen molar-refractivity contribution in [3.63, 3.8) is 0 Å². The summed E-state index contributed by atoms with van der Waals surface area (Å²) in [5, 5.41) is 19.7. The van der Waals surface area contributed by atoms with Crippen LogP contribution in [-0.2, 0) is 4.79 Å². The average Bonchev–Trinajstić information content (AvgIpc) is 2.87. The van der Waals surface area contributed by atoms with Crippen LogP contribution in [0.25, 0.3) is 0 Å². The molecule has 0 radical (unpaired) electrons. The highest BCUT2D eigenvalue weighted by atomic mass is 32.1. The maximum Gasteiger partial charge on any atom is 0.303 e. The van der Waals surface area contributed by atoms with Crippen LogP contribution < -0.4 is 0 Å². The smallest absolute Gasteiger partial charge is 0.303 e. The van der Waals surface area contributed by atoms with Crippen LogP contribution >= 0.6 is 11.3 Å². The minimum absolute atomic E-state index is 0.0259. The molecule has 1 aromatic heterocycles. The van der Waals surface area contributed by atoms with Gasteiger partial charge in [0.1, 0.15) is 0 Å². The molecule has 22 heavy (non-hydrogen) atoms. The first-order valence-electron chi connectivity index (χ1n) is 7.17. The number of hydrogen-bond acceptors (Lipinski definition) is 5. The summed E-state index contributed by atoms with van der Waals surface area (Å²) in [5.41, 5.74) is -0.0348. The Hall–Kier alpha value is -1.96. The van der Waals surface area contributed by atoms with E-state index in [1.54, 1.807) is 11.8 Å². The number of hydrogen-bond donors (Lipinski definition) is 1. The van der Waals surface area contributed by atoms with E-state index in [0.29, 0.717) is 22.7 Å². The molecule has 0 saturated carbocycles. The fraction of sp³-hybridized carbons (Fsp3) is 0.571. The van der Waals surface area contributed by atoms with Crippen molar-refractivity contribution in [3.05, 3.63) is 25.9 Å². The molecule has 0 aromatic carbocycles. The summed E-state index contributed by atoms with van der Waals surface area (Å²) in [4.78, 5) is 36.3. The fourth-order valence-electron chi connectivity index (χ4n) is 2.76. The van der Waals surface area contributed by atoms with Gasteiger partial charge in [0, 0.05) is 25.1 Å². The Morgan fingerprint density at radius 2 is 2.23 bits per heavy atom. The second kappa shape index (κ2) is 6.87. The minimum atomic E-state index is -0.874. The molecule has 1 aliphatic heterocycles. The molecule has 1 fully saturated rings. The number of amides is 1. The standard InChI is InChI=1S/C14H18N2O5S/c1-9-11(16(20)21)8-12(22-9)14(19)15-7-3-2-4-10(15)5-6-13(17)18/h8,10H,2-7H2,1H3,(H,17,18). The van der Waals surface area contributed by atoms with Crippen molar-refractivity contribution in [2.75, 3.05) is 6.54 Å². The summed E-state index contributed by atoms with van der Waals surface area (Å²) in [5.74, 6) is -1.10. The molecule has 1 saturated heterocycles. The molecule has 1 N–H and O–H groups in total. The third kappa shape index (κ3) is 3.62. The predicted molar refractivity (Wildman–Crippen MR) is 81.3 cm³/mol. The number of carboxylic acid groups (broad SMARTS) is 1. The molecule has 2 rings (SSSR count). The molecule has 1 unspecified atom stereocenters. The van der Waals surface area contributed by atoms with Crippen molar-refractivity contribution < 1.29 is 19.6 Å². The first kappa shape index (κ1) is 16.4. The number of aryl methyl sites for hydroxylation is 1. The highest BCUT2D eigenvalue weighted by Crippen LogP contribution is 2.31. The van der Waals surface area contributed by atoms with E-state index in [4.69, 9.17) is 5.11 Å². The zero-order valence-electron chi connectivity index (χ0n) is 12.3. The number of nitro groups is 1. The maximum atomic E-state index is 12.6. The van der Waals surface area contributed by atoms with E-state index in [2.05, 4.69) is 0 Å². The highest BCUT2D eigenvalue weighted by molar-refractivity contribution is 7.14. The number of thiophene rings is 1. The summed E-state index contributed by atoms with van der Waals surface area (Å²) in [6.07, 6.45) is 3.08. The molecular formula is C14H18N2O5S. The van der Waals surface area contributed by atoms with E-state index in [1.807, 2.05) is 0 Å². The Morgan fingerprint density at radius 3 is 2.82 bits per heavy atom. The van der Waals surface area contributed by atoms with E-state index in [9.17, 15) is 19.7 Å². The molecule has 0 aliphatic carbocycles. The molecule has 1 atom stereocenters. The Kier molecular flexibility index (Phi) is 5.12. The minimum Gasteiger partial charge on any atom is -0.481 e. The van der Waals surface area contributed by atoms with Crippen LogP contribution in [0.1, 0.15) is 46.7 Å². The van der Waals surface area contributed by atoms with Gasteiger partial charge in [0.05, 0.1) is 14.7 Å². The second-order valence-corrected chi connectivity index (χ2v) is 6.65. The quantitative estimate of drug-likeness (QED) is 0.662. The van der Waals surface area contributed by atoms with Crippen LogP contribution in [0.15, 0.2) is 6.07 Å². The Morgan fingerprint density at radius 1 is 1.50 bits per heavy atom. The number of aliphatic carboxylic acids is 1. The van der Waals surface area contributed by atoms with Crippen LogP contribution in [-0.4, -0.2) is 39.4 Å². The van der Waals surface area contributed by atoms with Gasteiger partial charge in [-0.1, -0.05) is 0 Å². The van der Waals surface area contributed by atoms with Crippen LogP contribution in [0.5, 0.6) is 0 Å². The predicted octanol–water partition coefficient (Wildman–Crippen LogP) is 2.82. The van der Waals surface area contributed by atoms with Gasteiger partial charge in [-0.15, -0.1) is 11.3 Å². The molecule has 8 heteroatoms. The molecule has 0 spiro atoms. The lowest BCUT2D eigenvalue weighted by molar-refractivity contribution is -0.385. The monoisotopic (exact) mass is 326 g/mol. The topological polar surface area (TPSA) is 101 Å². The van der Waals surface area contributed by atoms with Crippen LogP contribution in [0.3, 0.4) is 0 Å². The number of carbonyl (C=O) groups excluding carboxylic acids is 1. The Labute approximate surface area is 131 Å². The van der Waals surface area contributed by atoms with Crippen LogP contribution in [0.4, 0.5) is 5.69 Å². The third-order valence-electron chi connectivity index (χ3n) is 3.88. The zero-order chi connectivity index (χ0) is 16.3. The van der Waals surface area contributed by atoms with E-state index < -0.39 is 10.9 Å². The molecule has 1 aliphatic rings. The largest absolute Gasteiger partial charge is 0.481 e. The van der Waals surface area contributed by atoms with Gasteiger partial charge in [0.15, 0.2) is 0 Å². The average molecular weight is 326 g/mol. The zero-order valence-corrected chi connectivity index (χ0v) is 13.1. The molecule has 2 heterocycles. The second-order valence-electron chi connectivity index (χ2n) is 5.39. The summed E-state index contributed by atoms with van der Waals surface area (Å²) in [6.45, 7) is 2.20. The van der Waals surface area contributed by atoms with Crippen molar-refractivity contribution in [1.82, 2.24) is 4.90 Å². The van der Waals surface area contributed by atoms with Crippen molar-refractivity contribution in [2.45, 2.75) is 45.1 Å². The molecule has 0 bridgehead atoms. The fourth-order valence-corrected chi connectivity index (χ4v) is 3.70. The number of piperidine rings is 1. The summed E-state index contributed by atoms with van der Waals surface area (Å²) in [7, 11) is 0. The van der Waals surface area contributed by atoms with E-state index in [0.717, 1.165) is 30.6 Å². The number of carboxylic acids is 1. The number of rotatable bonds is 5. The van der Waals surface area contributed by atoms with Gasteiger partial charge in [-0.2, -0.15) is 0 Å². The van der Waals surface area contributed by atoms with E-state index in [1.165, 1.54) is 6.07 Å². The molecule has 1 aromatic rings. The molecule has 7 nitrogen and oxygen atoms in total. The first-order chi connectivity index (χ1) is 10.4. The third-order valence-corrected chi connectivity index (χ3v) is 4.91. The molecule has 1 amide bonds. The Bertz CT molecular complexity index is 598. The summed E-state index contributed by atoms with van der Waals surface area (Å²) in [6, 6.07) is 1.23. The van der Waals surface area contributed by atoms with Crippen molar-refractivity contribution in [3.8, 4) is 0 Å². The van der Waals surface area contributed by atoms with Gasteiger partial charge in [-0.3, -0.25) is 19.7 Å². The van der Waals surface area contributed by atoms with Gasteiger partial charge in [0.25, 0.3) is 11.6 Å². The molecule has 120 valence electrons. The SMILES string of the molecule is Cc1sc(C(=O)N2CCCCC2CCC(=O)O)cc1[N+](=O)[O-]. The lowest BCUT2D eigenvalue weighted by Crippen LogP contribution is -2.43. The van der Waals surface area contributed by atoms with Gasteiger partial charge >= 0.3 is 5.97 Å². The van der Waals surface area contributed by atoms with Crippen LogP contribution in [0.2, 0.25) is 0 Å². The van der Waals surface area contributed by atoms with Crippen LogP contribution in [0, 0.1) is 17.0 Å². The van der Waals surface area contributed by atoms with E-state index in [-0.39, 0.29) is 24.1 Å². The summed E-state index contributed by atoms with van der Waals surface area (Å²) < 4.78 is 0. The van der Waals surface area contributed by atoms with Crippen molar-refractivity contribution in [1.29, 1.82) is 0 Å². The van der Waals surface area contributed by atoms with E-state index >= 15 is 0 Å². The van der Waals surface area contributed by atoms with Crippen molar-refractivity contribution >= 4 is 28.9 Å². The number of carbonyl (C=O) groups is 2. The normalized spacial score (nSPS) is 18.2. The maximum absolute atomic E-state index is 12.6. The lowest BCUT2D eigenvalue weighted by Gasteiger charge is -2.35. The number of nitrogens with zero attached hydrogens (tertiary/aromatic N) is 2. The van der Waals surface area contributed by atoms with Gasteiger partial charge in [0.2, 0.25) is 0 Å². The first-order valence-corrected chi connectivity index (χ1v) is 7.99. The lowest BCUT2D eigenvalue weighted by atomic mass is 9.97. The van der Waals surface area contributed by atoms with Crippen molar-refractivity contribution in [2.24, 2.45) is 0 Å². The molecular weight excluding hydrogens is 308 g/mol. The van der Waals surface area contributed by atoms with Gasteiger partial charge in [-0.05, 0) is 32.6 Å². The Balaban J connectivity index is 2.16. The number of likely N-dealkylation sites (tertiary alicyclic amines) is 1. The highest BCUT2D eigenvalue weighted by Gasteiger charge is 2.30. The summed E-state index contributed by atoms with van der Waals surface area (Å²) >= 11 is 1.12. The van der Waals surface area contributed by atoms with Gasteiger partial charge < -0.3 is 10.0 Å². The van der Waals surface area contributed by atoms with Gasteiger partial charge in [-0.25, -0.2) is 0 Å².